The normalized spacial score (nSPS) is 10.7. The monoisotopic (exact) mass is 286 g/mol. The number of hydrogen-bond donors (Lipinski definition) is 1. The van der Waals surface area contributed by atoms with Gasteiger partial charge in [0, 0.05) is 5.56 Å². The van der Waals surface area contributed by atoms with E-state index in [1.807, 2.05) is 5.38 Å². The molecule has 3 rings (SSSR count). The predicted molar refractivity (Wildman–Crippen MR) is 77.0 cm³/mol. The Hall–Kier alpha value is -2.47. The molecule has 0 aliphatic rings. The number of fused-ring (bicyclic) bond motifs is 1. The van der Waals surface area contributed by atoms with Crippen LogP contribution in [0.4, 0.5) is 0 Å². The zero-order valence-electron chi connectivity index (χ0n) is 10.5. The van der Waals surface area contributed by atoms with E-state index in [-0.39, 0.29) is 5.56 Å². The van der Waals surface area contributed by atoms with Crippen molar-refractivity contribution in [1.82, 2.24) is 9.97 Å². The Labute approximate surface area is 117 Å². The van der Waals surface area contributed by atoms with Crippen LogP contribution in [-0.4, -0.2) is 23.0 Å². The fourth-order valence-corrected chi connectivity index (χ4v) is 2.65. The highest BCUT2D eigenvalue weighted by atomic mass is 32.1. The summed E-state index contributed by atoms with van der Waals surface area (Å²) in [5, 5.41) is 1.82. The van der Waals surface area contributed by atoms with Crippen LogP contribution in [0.5, 0.6) is 0 Å². The fourth-order valence-electron chi connectivity index (χ4n) is 1.92. The van der Waals surface area contributed by atoms with E-state index < -0.39 is 5.97 Å². The van der Waals surface area contributed by atoms with Gasteiger partial charge in [0.2, 0.25) is 0 Å². The number of aromatic nitrogens is 2. The van der Waals surface area contributed by atoms with Gasteiger partial charge in [0.25, 0.3) is 5.56 Å². The highest BCUT2D eigenvalue weighted by Crippen LogP contribution is 2.20. The zero-order chi connectivity index (χ0) is 14.1. The number of aromatic amines is 1. The van der Waals surface area contributed by atoms with Crippen molar-refractivity contribution in [3.63, 3.8) is 0 Å². The standard InChI is InChI=1S/C14H10N2O3S/c1-19-14(18)9-4-2-3-8(7-9)12-15-10-5-6-20-11(10)13(17)16-12/h2-7H,1H3,(H,15,16,17). The fraction of sp³-hybridized carbons (Fsp3) is 0.0714. The first kappa shape index (κ1) is 12.6. The highest BCUT2D eigenvalue weighted by Gasteiger charge is 2.10. The van der Waals surface area contributed by atoms with Gasteiger partial charge in [-0.1, -0.05) is 12.1 Å². The number of carbonyl (C=O) groups excluding carboxylic acids is 1. The highest BCUT2D eigenvalue weighted by molar-refractivity contribution is 7.17. The van der Waals surface area contributed by atoms with E-state index in [0.29, 0.717) is 27.2 Å². The second kappa shape index (κ2) is 4.90. The van der Waals surface area contributed by atoms with Crippen LogP contribution in [-0.2, 0) is 4.74 Å². The maximum Gasteiger partial charge on any atom is 0.337 e. The molecule has 1 aromatic carbocycles. The third kappa shape index (κ3) is 2.10. The molecule has 0 amide bonds. The van der Waals surface area contributed by atoms with Crippen molar-refractivity contribution >= 4 is 27.5 Å². The average molecular weight is 286 g/mol. The molecule has 20 heavy (non-hydrogen) atoms. The number of H-pyrrole nitrogens is 1. The summed E-state index contributed by atoms with van der Waals surface area (Å²) in [4.78, 5) is 30.6. The molecule has 1 N–H and O–H groups in total. The summed E-state index contributed by atoms with van der Waals surface area (Å²) in [7, 11) is 1.33. The second-order valence-electron chi connectivity index (χ2n) is 4.12. The van der Waals surface area contributed by atoms with E-state index in [2.05, 4.69) is 14.7 Å². The van der Waals surface area contributed by atoms with Crippen LogP contribution in [0, 0.1) is 0 Å². The minimum atomic E-state index is -0.425. The smallest absolute Gasteiger partial charge is 0.337 e. The number of ether oxygens (including phenoxy) is 1. The number of benzene rings is 1. The third-order valence-electron chi connectivity index (χ3n) is 2.87. The van der Waals surface area contributed by atoms with Gasteiger partial charge < -0.3 is 9.72 Å². The lowest BCUT2D eigenvalue weighted by atomic mass is 10.1. The maximum atomic E-state index is 11.9. The first-order valence-corrected chi connectivity index (χ1v) is 6.73. The molecule has 0 bridgehead atoms. The molecule has 0 saturated carbocycles. The number of esters is 1. The van der Waals surface area contributed by atoms with Crippen LogP contribution < -0.4 is 5.56 Å². The molecule has 0 radical (unpaired) electrons. The molecule has 0 aliphatic heterocycles. The van der Waals surface area contributed by atoms with Crippen LogP contribution in [0.25, 0.3) is 21.6 Å². The molecular formula is C14H10N2O3S. The number of thiophene rings is 1. The van der Waals surface area contributed by atoms with Crippen molar-refractivity contribution in [1.29, 1.82) is 0 Å². The van der Waals surface area contributed by atoms with Gasteiger partial charge in [-0.25, -0.2) is 9.78 Å². The Bertz CT molecular complexity index is 851. The minimum Gasteiger partial charge on any atom is -0.465 e. The molecule has 0 unspecified atom stereocenters. The number of nitrogens with one attached hydrogen (secondary N) is 1. The van der Waals surface area contributed by atoms with Gasteiger partial charge in [-0.15, -0.1) is 11.3 Å². The van der Waals surface area contributed by atoms with Crippen LogP contribution >= 0.6 is 11.3 Å². The Balaban J connectivity index is 2.15. The van der Waals surface area contributed by atoms with Gasteiger partial charge in [-0.2, -0.15) is 0 Å². The van der Waals surface area contributed by atoms with Gasteiger partial charge in [0.1, 0.15) is 10.5 Å². The maximum absolute atomic E-state index is 11.9. The van der Waals surface area contributed by atoms with Crippen LogP contribution in [0.2, 0.25) is 0 Å². The lowest BCUT2D eigenvalue weighted by molar-refractivity contribution is 0.0601. The molecule has 0 aliphatic carbocycles. The van der Waals surface area contributed by atoms with E-state index >= 15 is 0 Å². The average Bonchev–Trinajstić information content (AvgIpc) is 2.95. The number of hydrogen-bond acceptors (Lipinski definition) is 5. The van der Waals surface area contributed by atoms with Crippen LogP contribution in [0.1, 0.15) is 10.4 Å². The van der Waals surface area contributed by atoms with Crippen molar-refractivity contribution in [3.8, 4) is 11.4 Å². The van der Waals surface area contributed by atoms with Crippen molar-refractivity contribution in [2.45, 2.75) is 0 Å². The Morgan fingerprint density at radius 2 is 2.20 bits per heavy atom. The summed E-state index contributed by atoms with van der Waals surface area (Å²) >= 11 is 1.35. The largest absolute Gasteiger partial charge is 0.465 e. The quantitative estimate of drug-likeness (QED) is 0.734. The summed E-state index contributed by atoms with van der Waals surface area (Å²) in [5.74, 6) is 0.0115. The van der Waals surface area contributed by atoms with E-state index in [4.69, 9.17) is 0 Å². The van der Waals surface area contributed by atoms with E-state index in [1.54, 1.807) is 30.3 Å². The molecule has 5 nitrogen and oxygen atoms in total. The Morgan fingerprint density at radius 3 is 3.00 bits per heavy atom. The Kier molecular flexibility index (Phi) is 3.08. The molecule has 2 aromatic heterocycles. The number of methoxy groups -OCH3 is 1. The number of carbonyl (C=O) groups is 1. The molecule has 2 heterocycles. The lowest BCUT2D eigenvalue weighted by Crippen LogP contribution is -2.08. The molecule has 3 aromatic rings. The molecule has 0 atom stereocenters. The van der Waals surface area contributed by atoms with Crippen LogP contribution in [0.15, 0.2) is 40.5 Å². The van der Waals surface area contributed by atoms with Crippen molar-refractivity contribution in [3.05, 3.63) is 51.6 Å². The van der Waals surface area contributed by atoms with Gasteiger partial charge in [0.15, 0.2) is 0 Å². The molecule has 0 spiro atoms. The van der Waals surface area contributed by atoms with Gasteiger partial charge in [-0.3, -0.25) is 4.79 Å². The molecule has 0 saturated heterocycles. The van der Waals surface area contributed by atoms with Crippen molar-refractivity contribution < 1.29 is 9.53 Å². The van der Waals surface area contributed by atoms with Gasteiger partial charge in [-0.05, 0) is 23.6 Å². The topological polar surface area (TPSA) is 72.0 Å². The molecule has 100 valence electrons. The second-order valence-corrected chi connectivity index (χ2v) is 5.04. The predicted octanol–water partition coefficient (Wildman–Crippen LogP) is 2.44. The molecule has 6 heteroatoms. The lowest BCUT2D eigenvalue weighted by Gasteiger charge is -2.03. The van der Waals surface area contributed by atoms with E-state index in [1.165, 1.54) is 18.4 Å². The Morgan fingerprint density at radius 1 is 1.35 bits per heavy atom. The zero-order valence-corrected chi connectivity index (χ0v) is 11.4. The number of rotatable bonds is 2. The summed E-state index contributed by atoms with van der Waals surface area (Å²) in [6.07, 6.45) is 0. The van der Waals surface area contributed by atoms with E-state index in [9.17, 15) is 9.59 Å². The van der Waals surface area contributed by atoms with Crippen molar-refractivity contribution in [2.24, 2.45) is 0 Å². The van der Waals surface area contributed by atoms with Crippen molar-refractivity contribution in [2.75, 3.05) is 7.11 Å². The summed E-state index contributed by atoms with van der Waals surface area (Å²) in [6, 6.07) is 8.59. The SMILES string of the molecule is COC(=O)c1cccc(-c2nc3ccsc3c(=O)[nH]2)c1. The number of nitrogens with zero attached hydrogens (tertiary/aromatic N) is 1. The summed E-state index contributed by atoms with van der Waals surface area (Å²) in [5.41, 5.74) is 1.55. The minimum absolute atomic E-state index is 0.177. The van der Waals surface area contributed by atoms with Crippen LogP contribution in [0.3, 0.4) is 0 Å². The summed E-state index contributed by atoms with van der Waals surface area (Å²) < 4.78 is 5.27. The van der Waals surface area contributed by atoms with E-state index in [0.717, 1.165) is 0 Å². The summed E-state index contributed by atoms with van der Waals surface area (Å²) in [6.45, 7) is 0. The van der Waals surface area contributed by atoms with Gasteiger partial charge >= 0.3 is 5.97 Å². The first-order chi connectivity index (χ1) is 9.69. The third-order valence-corrected chi connectivity index (χ3v) is 3.77. The van der Waals surface area contributed by atoms with Gasteiger partial charge in [0.05, 0.1) is 18.2 Å². The first-order valence-electron chi connectivity index (χ1n) is 5.85. The molecular weight excluding hydrogens is 276 g/mol. The molecule has 0 fully saturated rings.